The van der Waals surface area contributed by atoms with Crippen LogP contribution < -0.4 is 16.5 Å². The first-order valence-electron chi connectivity index (χ1n) is 10.3. The third kappa shape index (κ3) is 5.41. The van der Waals surface area contributed by atoms with Crippen LogP contribution in [0.25, 0.3) is 11.4 Å². The molecule has 4 N–H and O–H groups in total. The van der Waals surface area contributed by atoms with Gasteiger partial charge < -0.3 is 16.5 Å². The highest BCUT2D eigenvalue weighted by Gasteiger charge is 2.17. The third-order valence-corrected chi connectivity index (χ3v) is 5.80. The second-order valence-corrected chi connectivity index (χ2v) is 8.15. The number of carbonyl (C=O) groups is 2. The van der Waals surface area contributed by atoms with Gasteiger partial charge in [-0.15, -0.1) is 10.2 Å². The lowest BCUT2D eigenvalue weighted by Gasteiger charge is -2.11. The highest BCUT2D eigenvalue weighted by atomic mass is 32.2. The van der Waals surface area contributed by atoms with Gasteiger partial charge in [-0.2, -0.15) is 0 Å². The Morgan fingerprint density at radius 1 is 0.941 bits per heavy atom. The molecule has 8 nitrogen and oxygen atoms in total. The zero-order chi connectivity index (χ0) is 23.9. The maximum Gasteiger partial charge on any atom is 0.253 e. The van der Waals surface area contributed by atoms with E-state index in [1.807, 2.05) is 30.3 Å². The van der Waals surface area contributed by atoms with Gasteiger partial charge in [-0.25, -0.2) is 9.07 Å². The van der Waals surface area contributed by atoms with Gasteiger partial charge in [0.1, 0.15) is 5.82 Å². The Balaban J connectivity index is 1.38. The van der Waals surface area contributed by atoms with Gasteiger partial charge >= 0.3 is 0 Å². The maximum atomic E-state index is 14.0. The average molecular weight is 477 g/mol. The number of halogens is 1. The Bertz CT molecular complexity index is 1310. The minimum atomic E-state index is -0.474. The van der Waals surface area contributed by atoms with Crippen molar-refractivity contribution >= 4 is 29.3 Å². The van der Waals surface area contributed by atoms with E-state index in [0.717, 1.165) is 22.0 Å². The topological polar surface area (TPSA) is 115 Å². The van der Waals surface area contributed by atoms with Crippen molar-refractivity contribution in [3.05, 3.63) is 95.8 Å². The minimum absolute atomic E-state index is 0.0351. The molecule has 0 fully saturated rings. The van der Waals surface area contributed by atoms with Crippen molar-refractivity contribution < 1.29 is 14.0 Å². The molecular weight excluding hydrogens is 455 g/mol. The Hall–Kier alpha value is -4.18. The molecule has 0 saturated heterocycles. The van der Waals surface area contributed by atoms with Gasteiger partial charge in [0.15, 0.2) is 5.82 Å². The summed E-state index contributed by atoms with van der Waals surface area (Å²) in [6.07, 6.45) is 0. The van der Waals surface area contributed by atoms with E-state index in [4.69, 9.17) is 5.84 Å². The van der Waals surface area contributed by atoms with Crippen LogP contribution in [0.3, 0.4) is 0 Å². The monoisotopic (exact) mass is 476 g/mol. The number of nitrogens with two attached hydrogens (primary N) is 1. The molecule has 10 heteroatoms. The molecule has 0 unspecified atom stereocenters. The lowest BCUT2D eigenvalue weighted by atomic mass is 10.1. The van der Waals surface area contributed by atoms with E-state index >= 15 is 0 Å². The highest BCUT2D eigenvalue weighted by Crippen LogP contribution is 2.24. The number of rotatable bonds is 8. The molecule has 0 aliphatic rings. The van der Waals surface area contributed by atoms with Crippen molar-refractivity contribution in [3.8, 4) is 11.4 Å². The van der Waals surface area contributed by atoms with E-state index in [2.05, 4.69) is 20.8 Å². The van der Waals surface area contributed by atoms with Gasteiger partial charge in [0.2, 0.25) is 11.1 Å². The molecule has 4 rings (SSSR count). The second-order valence-electron chi connectivity index (χ2n) is 7.21. The SMILES string of the molecule is Nn1c(SCC(=O)Nc2ccccc2C(=O)NCc2ccccc2)nnc1-c1ccccc1F. The quantitative estimate of drug-likeness (QED) is 0.265. The normalized spacial score (nSPS) is 10.6. The summed E-state index contributed by atoms with van der Waals surface area (Å²) < 4.78 is 15.2. The number of hydrogen-bond donors (Lipinski definition) is 3. The molecule has 2 amide bonds. The molecule has 0 saturated carbocycles. The summed E-state index contributed by atoms with van der Waals surface area (Å²) in [4.78, 5) is 25.2. The summed E-state index contributed by atoms with van der Waals surface area (Å²) in [5.74, 6) is 4.99. The summed E-state index contributed by atoms with van der Waals surface area (Å²) in [6, 6.07) is 22.4. The van der Waals surface area contributed by atoms with Gasteiger partial charge in [-0.3, -0.25) is 9.59 Å². The third-order valence-electron chi connectivity index (χ3n) is 4.85. The van der Waals surface area contributed by atoms with Gasteiger partial charge in [0.05, 0.1) is 22.6 Å². The van der Waals surface area contributed by atoms with Crippen LogP contribution >= 0.6 is 11.8 Å². The molecule has 0 atom stereocenters. The van der Waals surface area contributed by atoms with Crippen LogP contribution in [-0.4, -0.2) is 32.4 Å². The first-order valence-corrected chi connectivity index (χ1v) is 11.3. The van der Waals surface area contributed by atoms with Gasteiger partial charge in [-0.05, 0) is 29.8 Å². The predicted octanol–water partition coefficient (Wildman–Crippen LogP) is 3.46. The molecule has 172 valence electrons. The number of aromatic nitrogens is 3. The van der Waals surface area contributed by atoms with Crippen LogP contribution in [0.4, 0.5) is 10.1 Å². The lowest BCUT2D eigenvalue weighted by Crippen LogP contribution is -2.25. The van der Waals surface area contributed by atoms with E-state index in [1.54, 1.807) is 42.5 Å². The van der Waals surface area contributed by atoms with Crippen molar-refractivity contribution in [1.29, 1.82) is 0 Å². The lowest BCUT2D eigenvalue weighted by molar-refractivity contribution is -0.113. The minimum Gasteiger partial charge on any atom is -0.348 e. The average Bonchev–Trinajstić information content (AvgIpc) is 3.22. The molecule has 1 aromatic heterocycles. The number of benzene rings is 3. The van der Waals surface area contributed by atoms with E-state index in [-0.39, 0.29) is 34.1 Å². The van der Waals surface area contributed by atoms with E-state index in [1.165, 1.54) is 6.07 Å². The highest BCUT2D eigenvalue weighted by molar-refractivity contribution is 7.99. The maximum absolute atomic E-state index is 14.0. The summed E-state index contributed by atoms with van der Waals surface area (Å²) in [5.41, 5.74) is 1.92. The Morgan fingerprint density at radius 3 is 2.44 bits per heavy atom. The van der Waals surface area contributed by atoms with Gasteiger partial charge in [0.25, 0.3) is 5.91 Å². The van der Waals surface area contributed by atoms with Crippen LogP contribution in [0.1, 0.15) is 15.9 Å². The molecular formula is C24H21FN6O2S. The molecule has 4 aromatic rings. The first kappa shape index (κ1) is 23.0. The Morgan fingerprint density at radius 2 is 1.65 bits per heavy atom. The number of nitrogen functional groups attached to an aromatic ring is 1. The Labute approximate surface area is 199 Å². The number of anilines is 1. The fourth-order valence-electron chi connectivity index (χ4n) is 3.18. The number of carbonyl (C=O) groups excluding carboxylic acids is 2. The molecule has 0 bridgehead atoms. The predicted molar refractivity (Wildman–Crippen MR) is 129 cm³/mol. The van der Waals surface area contributed by atoms with Crippen LogP contribution in [0.2, 0.25) is 0 Å². The smallest absolute Gasteiger partial charge is 0.253 e. The van der Waals surface area contributed by atoms with E-state index < -0.39 is 5.82 Å². The molecule has 0 radical (unpaired) electrons. The number of thioether (sulfide) groups is 1. The molecule has 3 aromatic carbocycles. The zero-order valence-electron chi connectivity index (χ0n) is 17.9. The van der Waals surface area contributed by atoms with E-state index in [0.29, 0.717) is 17.8 Å². The summed E-state index contributed by atoms with van der Waals surface area (Å²) in [7, 11) is 0. The number of hydrogen-bond acceptors (Lipinski definition) is 6. The molecule has 0 spiro atoms. The van der Waals surface area contributed by atoms with Crippen LogP contribution in [0.5, 0.6) is 0 Å². The molecule has 0 aliphatic carbocycles. The summed E-state index contributed by atoms with van der Waals surface area (Å²) in [6.45, 7) is 0.369. The van der Waals surface area contributed by atoms with Crippen molar-refractivity contribution in [2.24, 2.45) is 0 Å². The van der Waals surface area contributed by atoms with Gasteiger partial charge in [0, 0.05) is 6.54 Å². The van der Waals surface area contributed by atoms with Crippen molar-refractivity contribution in [2.75, 3.05) is 16.9 Å². The molecule has 0 aliphatic heterocycles. The van der Waals surface area contributed by atoms with Crippen LogP contribution in [0, 0.1) is 5.82 Å². The van der Waals surface area contributed by atoms with E-state index in [9.17, 15) is 14.0 Å². The van der Waals surface area contributed by atoms with Crippen molar-refractivity contribution in [3.63, 3.8) is 0 Å². The van der Waals surface area contributed by atoms with Crippen molar-refractivity contribution in [2.45, 2.75) is 11.7 Å². The zero-order valence-corrected chi connectivity index (χ0v) is 18.8. The summed E-state index contributed by atoms with van der Waals surface area (Å²) in [5, 5.41) is 13.7. The first-order chi connectivity index (χ1) is 16.5. The van der Waals surface area contributed by atoms with Gasteiger partial charge in [-0.1, -0.05) is 66.4 Å². The fourth-order valence-corrected chi connectivity index (χ4v) is 3.84. The standard InChI is InChI=1S/C24H21FN6O2S/c25-19-12-6-4-10-17(19)22-29-30-24(31(22)26)34-15-21(32)28-20-13-7-5-11-18(20)23(33)27-14-16-8-2-1-3-9-16/h1-13H,14-15,26H2,(H,27,33)(H,28,32). The number of nitrogens with zero attached hydrogens (tertiary/aromatic N) is 3. The fraction of sp³-hybridized carbons (Fsp3) is 0.0833. The number of para-hydroxylation sites is 1. The van der Waals surface area contributed by atoms with Crippen molar-refractivity contribution in [1.82, 2.24) is 20.2 Å². The second kappa shape index (κ2) is 10.6. The van der Waals surface area contributed by atoms with Crippen LogP contribution in [0.15, 0.2) is 84.0 Å². The molecule has 34 heavy (non-hydrogen) atoms. The number of amides is 2. The summed E-state index contributed by atoms with van der Waals surface area (Å²) >= 11 is 1.05. The largest absolute Gasteiger partial charge is 0.348 e. The Kier molecular flexibility index (Phi) is 7.19. The molecule has 1 heterocycles. The number of nitrogens with one attached hydrogen (secondary N) is 2. The van der Waals surface area contributed by atoms with Crippen LogP contribution in [-0.2, 0) is 11.3 Å².